The van der Waals surface area contributed by atoms with Crippen molar-refractivity contribution in [2.75, 3.05) is 41.7 Å². The number of piperazine rings is 1. The standard InChI is InChI=1S/C22H22ClN5O2S/c1-15-4-2-6-17(12-15)24-21(30)26-22-25-19(14-31-22)20(29)28-10-8-27(9-11-28)18-7-3-5-16(23)13-18/h2-7,12-14H,8-11H2,1H3,(H2,24,25,26,30). The van der Waals surface area contributed by atoms with Crippen molar-refractivity contribution in [2.45, 2.75) is 6.92 Å². The topological polar surface area (TPSA) is 77.6 Å². The second-order valence-electron chi connectivity index (χ2n) is 7.25. The van der Waals surface area contributed by atoms with Crippen LogP contribution in [0.15, 0.2) is 53.9 Å². The summed E-state index contributed by atoms with van der Waals surface area (Å²) >= 11 is 7.31. The minimum absolute atomic E-state index is 0.130. The van der Waals surface area contributed by atoms with E-state index in [1.165, 1.54) is 11.3 Å². The Morgan fingerprint density at radius 1 is 1.03 bits per heavy atom. The van der Waals surface area contributed by atoms with Gasteiger partial charge in [0.25, 0.3) is 5.91 Å². The quantitative estimate of drug-likeness (QED) is 0.597. The lowest BCUT2D eigenvalue weighted by atomic mass is 10.2. The Morgan fingerprint density at radius 2 is 1.81 bits per heavy atom. The normalized spacial score (nSPS) is 13.7. The fourth-order valence-electron chi connectivity index (χ4n) is 3.41. The highest BCUT2D eigenvalue weighted by atomic mass is 35.5. The summed E-state index contributed by atoms with van der Waals surface area (Å²) in [7, 11) is 0. The van der Waals surface area contributed by atoms with Gasteiger partial charge in [0.1, 0.15) is 5.69 Å². The van der Waals surface area contributed by atoms with E-state index in [0.29, 0.717) is 34.6 Å². The number of nitrogens with one attached hydrogen (secondary N) is 2. The van der Waals surface area contributed by atoms with Crippen LogP contribution in [0, 0.1) is 6.92 Å². The fourth-order valence-corrected chi connectivity index (χ4v) is 4.28. The summed E-state index contributed by atoms with van der Waals surface area (Å²) < 4.78 is 0. The van der Waals surface area contributed by atoms with E-state index in [9.17, 15) is 9.59 Å². The van der Waals surface area contributed by atoms with E-state index < -0.39 is 6.03 Å². The lowest BCUT2D eigenvalue weighted by Gasteiger charge is -2.35. The Kier molecular flexibility index (Phi) is 6.39. The molecule has 9 heteroatoms. The molecule has 4 rings (SSSR count). The lowest BCUT2D eigenvalue weighted by Crippen LogP contribution is -2.48. The summed E-state index contributed by atoms with van der Waals surface area (Å²) in [6.45, 7) is 4.59. The van der Waals surface area contributed by atoms with Crippen LogP contribution in [-0.4, -0.2) is 48.0 Å². The van der Waals surface area contributed by atoms with E-state index in [1.54, 1.807) is 10.3 Å². The van der Waals surface area contributed by atoms with Gasteiger partial charge in [0.05, 0.1) is 0 Å². The van der Waals surface area contributed by atoms with E-state index in [2.05, 4.69) is 20.5 Å². The first-order valence-corrected chi connectivity index (χ1v) is 11.1. The summed E-state index contributed by atoms with van der Waals surface area (Å²) in [4.78, 5) is 33.3. The van der Waals surface area contributed by atoms with Gasteiger partial charge in [-0.25, -0.2) is 9.78 Å². The number of halogens is 1. The number of carbonyl (C=O) groups is 2. The van der Waals surface area contributed by atoms with Crippen LogP contribution in [0.5, 0.6) is 0 Å². The molecule has 3 amide bonds. The summed E-state index contributed by atoms with van der Waals surface area (Å²) in [5.74, 6) is -0.130. The van der Waals surface area contributed by atoms with Crippen LogP contribution < -0.4 is 15.5 Å². The molecule has 0 unspecified atom stereocenters. The number of benzene rings is 2. The van der Waals surface area contributed by atoms with Gasteiger partial charge < -0.3 is 15.1 Å². The number of amides is 3. The first kappa shape index (κ1) is 21.1. The minimum Gasteiger partial charge on any atom is -0.368 e. The monoisotopic (exact) mass is 455 g/mol. The van der Waals surface area contributed by atoms with Crippen LogP contribution in [0.1, 0.15) is 16.1 Å². The third-order valence-corrected chi connectivity index (χ3v) is 5.95. The van der Waals surface area contributed by atoms with Crippen LogP contribution in [0.25, 0.3) is 0 Å². The summed E-state index contributed by atoms with van der Waals surface area (Å²) in [6.07, 6.45) is 0. The van der Waals surface area contributed by atoms with Crippen molar-refractivity contribution in [3.05, 3.63) is 70.2 Å². The zero-order valence-corrected chi connectivity index (χ0v) is 18.5. The SMILES string of the molecule is Cc1cccc(NC(=O)Nc2nc(C(=O)N3CCN(c4cccc(Cl)c4)CC3)cs2)c1. The van der Waals surface area contributed by atoms with Gasteiger partial charge in [-0.2, -0.15) is 0 Å². The predicted molar refractivity (Wildman–Crippen MR) is 126 cm³/mol. The highest BCUT2D eigenvalue weighted by Gasteiger charge is 2.24. The molecule has 0 radical (unpaired) electrons. The molecule has 0 bridgehead atoms. The second kappa shape index (κ2) is 9.36. The first-order valence-electron chi connectivity index (χ1n) is 9.88. The molecule has 0 atom stereocenters. The maximum Gasteiger partial charge on any atom is 0.325 e. The molecular weight excluding hydrogens is 434 g/mol. The Morgan fingerprint density at radius 3 is 2.55 bits per heavy atom. The number of aromatic nitrogens is 1. The van der Waals surface area contributed by atoms with Crippen molar-refractivity contribution < 1.29 is 9.59 Å². The van der Waals surface area contributed by atoms with Gasteiger partial charge in [-0.3, -0.25) is 10.1 Å². The van der Waals surface area contributed by atoms with Crippen molar-refractivity contribution in [1.82, 2.24) is 9.88 Å². The van der Waals surface area contributed by atoms with Crippen LogP contribution in [0.4, 0.5) is 21.3 Å². The second-order valence-corrected chi connectivity index (χ2v) is 8.54. The maximum atomic E-state index is 12.8. The van der Waals surface area contributed by atoms with Gasteiger partial charge in [0, 0.05) is 48.0 Å². The fraction of sp³-hybridized carbons (Fsp3) is 0.227. The third kappa shape index (κ3) is 5.34. The number of hydrogen-bond donors (Lipinski definition) is 2. The van der Waals surface area contributed by atoms with Crippen molar-refractivity contribution in [3.63, 3.8) is 0 Å². The van der Waals surface area contributed by atoms with Gasteiger partial charge >= 0.3 is 6.03 Å². The molecule has 7 nitrogen and oxygen atoms in total. The van der Waals surface area contributed by atoms with E-state index in [0.717, 1.165) is 24.3 Å². The number of nitrogens with zero attached hydrogens (tertiary/aromatic N) is 3. The highest BCUT2D eigenvalue weighted by molar-refractivity contribution is 7.14. The minimum atomic E-state index is -0.394. The summed E-state index contributed by atoms with van der Waals surface area (Å²) in [5, 5.41) is 8.21. The molecule has 2 aromatic carbocycles. The molecule has 0 spiro atoms. The average Bonchev–Trinajstić information content (AvgIpc) is 3.21. The van der Waals surface area contributed by atoms with Gasteiger partial charge in [0.15, 0.2) is 5.13 Å². The van der Waals surface area contributed by atoms with Gasteiger partial charge in [0.2, 0.25) is 0 Å². The predicted octanol–water partition coefficient (Wildman–Crippen LogP) is 4.71. The van der Waals surface area contributed by atoms with Crippen molar-refractivity contribution in [3.8, 4) is 0 Å². The van der Waals surface area contributed by atoms with E-state index in [1.807, 2.05) is 55.5 Å². The highest BCUT2D eigenvalue weighted by Crippen LogP contribution is 2.22. The van der Waals surface area contributed by atoms with Gasteiger partial charge in [-0.05, 0) is 42.8 Å². The molecule has 160 valence electrons. The Hall–Kier alpha value is -3.10. The molecule has 2 N–H and O–H groups in total. The maximum absolute atomic E-state index is 12.8. The first-order chi connectivity index (χ1) is 15.0. The van der Waals surface area contributed by atoms with Crippen LogP contribution >= 0.6 is 22.9 Å². The van der Waals surface area contributed by atoms with Crippen LogP contribution in [-0.2, 0) is 0 Å². The van der Waals surface area contributed by atoms with Crippen LogP contribution in [0.3, 0.4) is 0 Å². The smallest absolute Gasteiger partial charge is 0.325 e. The molecular formula is C22H22ClN5O2S. The molecule has 0 aliphatic carbocycles. The zero-order chi connectivity index (χ0) is 21.8. The molecule has 0 saturated carbocycles. The molecule has 1 aromatic heterocycles. The Bertz CT molecular complexity index is 1090. The molecule has 2 heterocycles. The Balaban J connectivity index is 1.31. The molecule has 1 fully saturated rings. The average molecular weight is 456 g/mol. The number of urea groups is 1. The number of carbonyl (C=O) groups excluding carboxylic acids is 2. The molecule has 1 saturated heterocycles. The largest absolute Gasteiger partial charge is 0.368 e. The Labute approximate surface area is 189 Å². The summed E-state index contributed by atoms with van der Waals surface area (Å²) in [6, 6.07) is 14.8. The molecule has 31 heavy (non-hydrogen) atoms. The van der Waals surface area contributed by atoms with Crippen molar-refractivity contribution in [1.29, 1.82) is 0 Å². The summed E-state index contributed by atoms with van der Waals surface area (Å²) in [5.41, 5.74) is 3.14. The van der Waals surface area contributed by atoms with Crippen molar-refractivity contribution >= 4 is 51.4 Å². The van der Waals surface area contributed by atoms with Gasteiger partial charge in [-0.1, -0.05) is 29.8 Å². The van der Waals surface area contributed by atoms with E-state index >= 15 is 0 Å². The number of anilines is 3. The number of aryl methyl sites for hydroxylation is 1. The van der Waals surface area contributed by atoms with Crippen molar-refractivity contribution in [2.24, 2.45) is 0 Å². The lowest BCUT2D eigenvalue weighted by molar-refractivity contribution is 0.0741. The number of thiazole rings is 1. The number of hydrogen-bond acceptors (Lipinski definition) is 5. The zero-order valence-electron chi connectivity index (χ0n) is 17.0. The number of rotatable bonds is 4. The molecule has 3 aromatic rings. The van der Waals surface area contributed by atoms with Gasteiger partial charge in [-0.15, -0.1) is 11.3 Å². The van der Waals surface area contributed by atoms with E-state index in [4.69, 9.17) is 11.6 Å². The van der Waals surface area contributed by atoms with E-state index in [-0.39, 0.29) is 5.91 Å². The third-order valence-electron chi connectivity index (χ3n) is 4.96. The molecule has 1 aliphatic heterocycles. The molecule has 1 aliphatic rings. The van der Waals surface area contributed by atoms with Crippen LogP contribution in [0.2, 0.25) is 5.02 Å².